The highest BCUT2D eigenvalue weighted by Gasteiger charge is 2.10. The predicted octanol–water partition coefficient (Wildman–Crippen LogP) is 0.359. The van der Waals surface area contributed by atoms with Gasteiger partial charge in [0.25, 0.3) is 5.91 Å². The fourth-order valence-corrected chi connectivity index (χ4v) is 2.14. The molecule has 2 heterocycles. The number of nitrogens with zero attached hydrogens (tertiary/aromatic N) is 5. The molecule has 1 N–H and O–H groups in total. The van der Waals surface area contributed by atoms with Crippen molar-refractivity contribution in [3.05, 3.63) is 20.8 Å². The van der Waals surface area contributed by atoms with Crippen molar-refractivity contribution in [2.75, 3.05) is 0 Å². The van der Waals surface area contributed by atoms with Gasteiger partial charge in [0.1, 0.15) is 5.01 Å². The van der Waals surface area contributed by atoms with Crippen molar-refractivity contribution >= 4 is 33.2 Å². The number of carbonyl (C=O) groups excluding carboxylic acids is 1. The maximum Gasteiger partial charge on any atom is 0.273 e. The molecule has 0 fully saturated rings. The normalized spacial score (nSPS) is 10.4. The van der Waals surface area contributed by atoms with E-state index in [1.54, 1.807) is 13.2 Å². The highest BCUT2D eigenvalue weighted by molar-refractivity contribution is 9.11. The van der Waals surface area contributed by atoms with Crippen molar-refractivity contribution < 1.29 is 4.79 Å². The topological polar surface area (TPSA) is 85.6 Å². The van der Waals surface area contributed by atoms with E-state index in [2.05, 4.69) is 41.8 Å². The molecule has 84 valence electrons. The average Bonchev–Trinajstić information content (AvgIpc) is 2.84. The maximum absolute atomic E-state index is 11.6. The van der Waals surface area contributed by atoms with Crippen LogP contribution in [0.3, 0.4) is 0 Å². The molecule has 0 atom stereocenters. The van der Waals surface area contributed by atoms with E-state index in [0.717, 1.165) is 5.01 Å². The second-order valence-electron chi connectivity index (χ2n) is 2.91. The minimum absolute atomic E-state index is 0.278. The summed E-state index contributed by atoms with van der Waals surface area (Å²) in [6, 6.07) is 0. The van der Waals surface area contributed by atoms with E-state index in [4.69, 9.17) is 0 Å². The number of nitrogens with one attached hydrogen (secondary N) is 1. The van der Waals surface area contributed by atoms with E-state index in [1.807, 2.05) is 0 Å². The Labute approximate surface area is 103 Å². The molecular weight excluding hydrogens is 296 g/mol. The van der Waals surface area contributed by atoms with Gasteiger partial charge in [-0.3, -0.25) is 9.48 Å². The lowest BCUT2D eigenvalue weighted by molar-refractivity contribution is 0.0945. The standard InChI is InChI=1S/C7H7BrN6OS/c1-14-3-4(10-13-14)6(15)9-2-5-11-12-7(8)16-5/h3H,2H2,1H3,(H,9,15). The number of amides is 1. The molecule has 2 rings (SSSR count). The Hall–Kier alpha value is -1.35. The van der Waals surface area contributed by atoms with Gasteiger partial charge in [-0.15, -0.1) is 15.3 Å². The zero-order valence-corrected chi connectivity index (χ0v) is 10.6. The smallest absolute Gasteiger partial charge is 0.273 e. The second-order valence-corrected chi connectivity index (χ2v) is 5.25. The van der Waals surface area contributed by atoms with Crippen LogP contribution in [-0.4, -0.2) is 31.1 Å². The Bertz CT molecular complexity index is 508. The van der Waals surface area contributed by atoms with Crippen molar-refractivity contribution in [1.82, 2.24) is 30.5 Å². The van der Waals surface area contributed by atoms with Gasteiger partial charge in [0.2, 0.25) is 0 Å². The molecule has 2 aromatic heterocycles. The second kappa shape index (κ2) is 4.66. The molecular formula is C7H7BrN6OS. The molecule has 0 saturated carbocycles. The third-order valence-electron chi connectivity index (χ3n) is 1.68. The van der Waals surface area contributed by atoms with Crippen molar-refractivity contribution in [2.24, 2.45) is 7.05 Å². The third-order valence-corrected chi connectivity index (χ3v) is 3.03. The molecule has 2 aromatic rings. The molecule has 0 aliphatic heterocycles. The molecule has 9 heteroatoms. The summed E-state index contributed by atoms with van der Waals surface area (Å²) in [5, 5.41) is 18.4. The van der Waals surface area contributed by atoms with E-state index in [-0.39, 0.29) is 11.6 Å². The van der Waals surface area contributed by atoms with E-state index < -0.39 is 0 Å². The van der Waals surface area contributed by atoms with E-state index >= 15 is 0 Å². The Morgan fingerprint density at radius 2 is 2.38 bits per heavy atom. The predicted molar refractivity (Wildman–Crippen MR) is 59.8 cm³/mol. The number of halogens is 1. The van der Waals surface area contributed by atoms with Crippen LogP contribution >= 0.6 is 27.3 Å². The number of hydrogen-bond acceptors (Lipinski definition) is 6. The lowest BCUT2D eigenvalue weighted by atomic mass is 10.4. The van der Waals surface area contributed by atoms with E-state index in [0.29, 0.717) is 10.5 Å². The number of hydrogen-bond donors (Lipinski definition) is 1. The lowest BCUT2D eigenvalue weighted by Gasteiger charge is -1.97. The van der Waals surface area contributed by atoms with Gasteiger partial charge in [0.15, 0.2) is 9.61 Å². The van der Waals surface area contributed by atoms with E-state index in [1.165, 1.54) is 16.0 Å². The number of carbonyl (C=O) groups is 1. The summed E-state index contributed by atoms with van der Waals surface area (Å²) in [5.74, 6) is -0.278. The summed E-state index contributed by atoms with van der Waals surface area (Å²) in [7, 11) is 1.70. The first-order valence-electron chi connectivity index (χ1n) is 4.27. The first kappa shape index (κ1) is 11.1. The van der Waals surface area contributed by atoms with Crippen LogP contribution in [0.4, 0.5) is 0 Å². The molecule has 0 saturated heterocycles. The zero-order chi connectivity index (χ0) is 11.5. The van der Waals surface area contributed by atoms with Crippen LogP contribution in [0.25, 0.3) is 0 Å². The van der Waals surface area contributed by atoms with Crippen molar-refractivity contribution in [1.29, 1.82) is 0 Å². The summed E-state index contributed by atoms with van der Waals surface area (Å²) >= 11 is 4.56. The van der Waals surface area contributed by atoms with Crippen LogP contribution < -0.4 is 5.32 Å². The Kier molecular flexibility index (Phi) is 3.25. The van der Waals surface area contributed by atoms with Crippen molar-refractivity contribution in [3.8, 4) is 0 Å². The number of aromatic nitrogens is 5. The summed E-state index contributed by atoms with van der Waals surface area (Å²) < 4.78 is 2.16. The molecule has 1 amide bonds. The van der Waals surface area contributed by atoms with Crippen LogP contribution in [0.1, 0.15) is 15.5 Å². The molecule has 0 aliphatic rings. The van der Waals surface area contributed by atoms with Crippen LogP contribution in [0.2, 0.25) is 0 Å². The quantitative estimate of drug-likeness (QED) is 0.885. The van der Waals surface area contributed by atoms with Gasteiger partial charge in [0.05, 0.1) is 12.7 Å². The largest absolute Gasteiger partial charge is 0.344 e. The fraction of sp³-hybridized carbons (Fsp3) is 0.286. The Morgan fingerprint density at radius 3 is 2.94 bits per heavy atom. The van der Waals surface area contributed by atoms with Gasteiger partial charge in [-0.05, 0) is 15.9 Å². The monoisotopic (exact) mass is 302 g/mol. The van der Waals surface area contributed by atoms with Gasteiger partial charge in [-0.1, -0.05) is 16.6 Å². The molecule has 7 nitrogen and oxygen atoms in total. The van der Waals surface area contributed by atoms with Gasteiger partial charge < -0.3 is 5.32 Å². The number of rotatable bonds is 3. The molecule has 0 bridgehead atoms. The molecule has 0 spiro atoms. The van der Waals surface area contributed by atoms with Crippen LogP contribution in [-0.2, 0) is 13.6 Å². The maximum atomic E-state index is 11.6. The van der Waals surface area contributed by atoms with Crippen molar-refractivity contribution in [2.45, 2.75) is 6.54 Å². The van der Waals surface area contributed by atoms with Crippen molar-refractivity contribution in [3.63, 3.8) is 0 Å². The molecule has 16 heavy (non-hydrogen) atoms. The lowest BCUT2D eigenvalue weighted by Crippen LogP contribution is -2.23. The SMILES string of the molecule is Cn1cc(C(=O)NCc2nnc(Br)s2)nn1. The van der Waals surface area contributed by atoms with Gasteiger partial charge in [0, 0.05) is 7.05 Å². The highest BCUT2D eigenvalue weighted by atomic mass is 79.9. The first-order valence-corrected chi connectivity index (χ1v) is 5.88. The summed E-state index contributed by atoms with van der Waals surface area (Å²) in [6.07, 6.45) is 1.55. The average molecular weight is 303 g/mol. The summed E-state index contributed by atoms with van der Waals surface area (Å²) in [6.45, 7) is 0.332. The number of aryl methyl sites for hydroxylation is 1. The van der Waals surface area contributed by atoms with Gasteiger partial charge in [-0.25, -0.2) is 0 Å². The van der Waals surface area contributed by atoms with Gasteiger partial charge in [-0.2, -0.15) is 0 Å². The summed E-state index contributed by atoms with van der Waals surface area (Å²) in [5.41, 5.74) is 0.283. The fourth-order valence-electron chi connectivity index (χ4n) is 1.00. The summed E-state index contributed by atoms with van der Waals surface area (Å²) in [4.78, 5) is 11.6. The minimum Gasteiger partial charge on any atom is -0.344 e. The molecule has 0 unspecified atom stereocenters. The Morgan fingerprint density at radius 1 is 1.56 bits per heavy atom. The van der Waals surface area contributed by atoms with Crippen LogP contribution in [0, 0.1) is 0 Å². The van der Waals surface area contributed by atoms with E-state index in [9.17, 15) is 4.79 Å². The Balaban J connectivity index is 1.93. The molecule has 0 aliphatic carbocycles. The third kappa shape index (κ3) is 2.61. The van der Waals surface area contributed by atoms with Crippen LogP contribution in [0.5, 0.6) is 0 Å². The highest BCUT2D eigenvalue weighted by Crippen LogP contribution is 2.15. The minimum atomic E-state index is -0.278. The van der Waals surface area contributed by atoms with Crippen LogP contribution in [0.15, 0.2) is 10.1 Å². The molecule has 0 radical (unpaired) electrons. The van der Waals surface area contributed by atoms with Gasteiger partial charge >= 0.3 is 0 Å². The first-order chi connectivity index (χ1) is 7.65. The molecule has 0 aromatic carbocycles. The zero-order valence-electron chi connectivity index (χ0n) is 8.21.